The van der Waals surface area contributed by atoms with Gasteiger partial charge in [-0.1, -0.05) is 0 Å². The van der Waals surface area contributed by atoms with E-state index < -0.39 is 18.5 Å². The lowest BCUT2D eigenvalue weighted by Gasteiger charge is -2.11. The summed E-state index contributed by atoms with van der Waals surface area (Å²) in [5.74, 6) is -1.22. The summed E-state index contributed by atoms with van der Waals surface area (Å²) in [5.41, 5.74) is 2.12. The van der Waals surface area contributed by atoms with E-state index in [1.54, 1.807) is 79.8 Å². The van der Waals surface area contributed by atoms with E-state index in [1.165, 1.54) is 4.90 Å². The number of esters is 1. The van der Waals surface area contributed by atoms with Gasteiger partial charge in [-0.15, -0.1) is 10.2 Å². The van der Waals surface area contributed by atoms with E-state index in [9.17, 15) is 14.4 Å². The largest absolute Gasteiger partial charge is 0.452 e. The molecule has 148 valence electrons. The van der Waals surface area contributed by atoms with Crippen LogP contribution < -0.4 is 5.32 Å². The molecule has 9 heteroatoms. The molecule has 0 aliphatic carbocycles. The predicted octanol–water partition coefficient (Wildman–Crippen LogP) is 1.76. The highest BCUT2D eigenvalue weighted by Gasteiger charge is 2.12. The number of hydrogen-bond acceptors (Lipinski definition) is 6. The van der Waals surface area contributed by atoms with Crippen LogP contribution >= 0.6 is 0 Å². The summed E-state index contributed by atoms with van der Waals surface area (Å²) >= 11 is 0. The van der Waals surface area contributed by atoms with Crippen molar-refractivity contribution >= 4 is 23.5 Å². The fourth-order valence-electron chi connectivity index (χ4n) is 2.47. The van der Waals surface area contributed by atoms with Crippen LogP contribution in [0.5, 0.6) is 0 Å². The van der Waals surface area contributed by atoms with Gasteiger partial charge in [0.2, 0.25) is 0 Å². The van der Waals surface area contributed by atoms with Gasteiger partial charge in [-0.3, -0.25) is 14.2 Å². The maximum atomic E-state index is 12.1. The van der Waals surface area contributed by atoms with Crippen molar-refractivity contribution in [1.29, 1.82) is 0 Å². The van der Waals surface area contributed by atoms with Crippen molar-refractivity contribution in [3.8, 4) is 5.69 Å². The molecule has 1 N–H and O–H groups in total. The van der Waals surface area contributed by atoms with E-state index in [0.29, 0.717) is 16.8 Å². The Morgan fingerprint density at radius 2 is 1.52 bits per heavy atom. The molecule has 29 heavy (non-hydrogen) atoms. The minimum Gasteiger partial charge on any atom is -0.452 e. The molecule has 9 nitrogen and oxygen atoms in total. The summed E-state index contributed by atoms with van der Waals surface area (Å²) < 4.78 is 6.74. The van der Waals surface area contributed by atoms with Crippen LogP contribution in [0.25, 0.3) is 5.69 Å². The molecular formula is C20H19N5O4. The van der Waals surface area contributed by atoms with Gasteiger partial charge < -0.3 is 15.0 Å². The van der Waals surface area contributed by atoms with E-state index in [0.717, 1.165) is 5.69 Å². The first kappa shape index (κ1) is 19.7. The van der Waals surface area contributed by atoms with Crippen molar-refractivity contribution in [3.05, 3.63) is 72.3 Å². The number of anilines is 1. The Kier molecular flexibility index (Phi) is 5.98. The molecule has 1 aromatic heterocycles. The first-order chi connectivity index (χ1) is 13.9. The highest BCUT2D eigenvalue weighted by molar-refractivity contribution is 5.97. The average Bonchev–Trinajstić information content (AvgIpc) is 3.27. The summed E-state index contributed by atoms with van der Waals surface area (Å²) in [6.45, 7) is -0.426. The number of amides is 2. The lowest BCUT2D eigenvalue weighted by Crippen LogP contribution is -2.22. The van der Waals surface area contributed by atoms with Crippen LogP contribution in [-0.2, 0) is 9.53 Å². The number of nitrogens with one attached hydrogen (secondary N) is 1. The second-order valence-electron chi connectivity index (χ2n) is 6.32. The van der Waals surface area contributed by atoms with E-state index in [2.05, 4.69) is 15.5 Å². The molecule has 3 aromatic rings. The number of rotatable bonds is 6. The van der Waals surface area contributed by atoms with Crippen molar-refractivity contribution in [2.45, 2.75) is 0 Å². The zero-order chi connectivity index (χ0) is 20.8. The second-order valence-corrected chi connectivity index (χ2v) is 6.32. The third kappa shape index (κ3) is 5.04. The lowest BCUT2D eigenvalue weighted by molar-refractivity contribution is -0.119. The standard InChI is InChI=1S/C20H19N5O4/c1-24(2)19(27)14-3-7-16(8-4-14)23-18(26)11-29-20(28)15-5-9-17(10-6-15)25-12-21-22-13-25/h3-10,12-13H,11H2,1-2H3,(H,23,26). The lowest BCUT2D eigenvalue weighted by atomic mass is 10.2. The molecule has 1 heterocycles. The molecule has 0 unspecified atom stereocenters. The van der Waals surface area contributed by atoms with Gasteiger partial charge in [-0.25, -0.2) is 4.79 Å². The molecule has 3 rings (SSSR count). The SMILES string of the molecule is CN(C)C(=O)c1ccc(NC(=O)COC(=O)c2ccc(-n3cnnc3)cc2)cc1. The number of nitrogens with zero attached hydrogens (tertiary/aromatic N) is 4. The Bertz CT molecular complexity index is 996. The highest BCUT2D eigenvalue weighted by atomic mass is 16.5. The van der Waals surface area contributed by atoms with Crippen molar-refractivity contribution in [3.63, 3.8) is 0 Å². The minimum absolute atomic E-state index is 0.132. The zero-order valence-electron chi connectivity index (χ0n) is 15.9. The number of ether oxygens (including phenoxy) is 1. The van der Waals surface area contributed by atoms with Gasteiger partial charge in [0, 0.05) is 31.0 Å². The van der Waals surface area contributed by atoms with E-state index in [-0.39, 0.29) is 5.91 Å². The number of carbonyl (C=O) groups is 3. The summed E-state index contributed by atoms with van der Waals surface area (Å²) in [5, 5.41) is 10.1. The van der Waals surface area contributed by atoms with Crippen LogP contribution in [-0.4, -0.2) is 58.2 Å². The topological polar surface area (TPSA) is 106 Å². The van der Waals surface area contributed by atoms with E-state index in [4.69, 9.17) is 4.74 Å². The summed E-state index contributed by atoms with van der Waals surface area (Å²) in [6.07, 6.45) is 3.08. The number of benzene rings is 2. The highest BCUT2D eigenvalue weighted by Crippen LogP contribution is 2.12. The van der Waals surface area contributed by atoms with Gasteiger partial charge in [0.25, 0.3) is 11.8 Å². The van der Waals surface area contributed by atoms with Crippen molar-refractivity contribution < 1.29 is 19.1 Å². The predicted molar refractivity (Wildman–Crippen MR) is 105 cm³/mol. The maximum Gasteiger partial charge on any atom is 0.338 e. The molecule has 0 saturated heterocycles. The summed E-state index contributed by atoms with van der Waals surface area (Å²) in [7, 11) is 3.32. The number of aromatic nitrogens is 3. The van der Waals surface area contributed by atoms with Gasteiger partial charge in [0.05, 0.1) is 5.56 Å². The van der Waals surface area contributed by atoms with Gasteiger partial charge in [-0.05, 0) is 48.5 Å². The van der Waals surface area contributed by atoms with Crippen LogP contribution in [0.4, 0.5) is 5.69 Å². The average molecular weight is 393 g/mol. The summed E-state index contributed by atoms with van der Waals surface area (Å²) in [4.78, 5) is 37.4. The zero-order valence-corrected chi connectivity index (χ0v) is 15.9. The molecular weight excluding hydrogens is 374 g/mol. The Morgan fingerprint density at radius 1 is 0.931 bits per heavy atom. The van der Waals surface area contributed by atoms with Gasteiger partial charge in [0.1, 0.15) is 12.7 Å². The molecule has 2 aromatic carbocycles. The van der Waals surface area contributed by atoms with Crippen molar-refractivity contribution in [1.82, 2.24) is 19.7 Å². The van der Waals surface area contributed by atoms with E-state index >= 15 is 0 Å². The molecule has 0 atom stereocenters. The van der Waals surface area contributed by atoms with E-state index in [1.807, 2.05) is 0 Å². The third-order valence-electron chi connectivity index (χ3n) is 3.98. The molecule has 0 bridgehead atoms. The number of hydrogen-bond donors (Lipinski definition) is 1. The quantitative estimate of drug-likeness (QED) is 0.640. The summed E-state index contributed by atoms with van der Waals surface area (Å²) in [6, 6.07) is 13.1. The smallest absolute Gasteiger partial charge is 0.338 e. The first-order valence-corrected chi connectivity index (χ1v) is 8.68. The minimum atomic E-state index is -0.609. The molecule has 0 fully saturated rings. The molecule has 2 amide bonds. The fraction of sp³-hybridized carbons (Fsp3) is 0.150. The molecule has 0 aliphatic heterocycles. The van der Waals surface area contributed by atoms with Crippen LogP contribution in [0.2, 0.25) is 0 Å². The van der Waals surface area contributed by atoms with Crippen molar-refractivity contribution in [2.24, 2.45) is 0 Å². The monoisotopic (exact) mass is 393 g/mol. The molecule has 0 spiro atoms. The Balaban J connectivity index is 1.51. The Morgan fingerprint density at radius 3 is 2.10 bits per heavy atom. The Hall–Kier alpha value is -4.01. The molecule has 0 aliphatic rings. The van der Waals surface area contributed by atoms with Gasteiger partial charge >= 0.3 is 5.97 Å². The van der Waals surface area contributed by atoms with Gasteiger partial charge in [-0.2, -0.15) is 0 Å². The first-order valence-electron chi connectivity index (χ1n) is 8.68. The van der Waals surface area contributed by atoms with Crippen molar-refractivity contribution in [2.75, 3.05) is 26.0 Å². The normalized spacial score (nSPS) is 10.3. The van der Waals surface area contributed by atoms with Crippen LogP contribution in [0, 0.1) is 0 Å². The van der Waals surface area contributed by atoms with Gasteiger partial charge in [0.15, 0.2) is 6.61 Å². The molecule has 0 saturated carbocycles. The maximum absolute atomic E-state index is 12.1. The third-order valence-corrected chi connectivity index (χ3v) is 3.98. The fourth-order valence-corrected chi connectivity index (χ4v) is 2.47. The second kappa shape index (κ2) is 8.79. The molecule has 0 radical (unpaired) electrons. The number of carbonyl (C=O) groups excluding carboxylic acids is 3. The van der Waals surface area contributed by atoms with Crippen LogP contribution in [0.1, 0.15) is 20.7 Å². The van der Waals surface area contributed by atoms with Crippen LogP contribution in [0.3, 0.4) is 0 Å². The van der Waals surface area contributed by atoms with Crippen LogP contribution in [0.15, 0.2) is 61.2 Å². The Labute approximate surface area is 166 Å².